The first-order chi connectivity index (χ1) is 8.81. The van der Waals surface area contributed by atoms with Gasteiger partial charge in [-0.2, -0.15) is 4.99 Å². The van der Waals surface area contributed by atoms with E-state index >= 15 is 0 Å². The molecule has 0 amide bonds. The minimum atomic E-state index is 0.165. The van der Waals surface area contributed by atoms with E-state index in [0.717, 1.165) is 31.3 Å². The summed E-state index contributed by atoms with van der Waals surface area (Å²) >= 11 is 0. The zero-order chi connectivity index (χ0) is 12.8. The Hall–Kier alpha value is -1.73. The number of Topliss-reactive ketones (excluding diaryl/α,β-unsaturated/α-hetero) is 1. The van der Waals surface area contributed by atoms with Crippen molar-refractivity contribution < 1.29 is 9.59 Å². The van der Waals surface area contributed by atoms with Crippen LogP contribution >= 0.6 is 0 Å². The van der Waals surface area contributed by atoms with Crippen molar-refractivity contribution in [3.05, 3.63) is 35.6 Å². The van der Waals surface area contributed by atoms with Crippen LogP contribution in [0.1, 0.15) is 38.5 Å². The summed E-state index contributed by atoms with van der Waals surface area (Å²) in [5, 5.41) is 0. The van der Waals surface area contributed by atoms with Gasteiger partial charge in [-0.3, -0.25) is 4.79 Å². The highest BCUT2D eigenvalue weighted by atomic mass is 16.1. The zero-order valence-corrected chi connectivity index (χ0v) is 10.4. The van der Waals surface area contributed by atoms with E-state index in [2.05, 4.69) is 4.99 Å². The average molecular weight is 243 g/mol. The molecule has 1 saturated carbocycles. The third kappa shape index (κ3) is 3.14. The minimum Gasteiger partial charge on any atom is -0.294 e. The van der Waals surface area contributed by atoms with Crippen molar-refractivity contribution in [2.75, 3.05) is 0 Å². The SMILES string of the molecule is O=C=NC1=CC=CC=C(C(=O)C2CCCCC2)C1. The molecular weight excluding hydrogens is 226 g/mol. The molecular formula is C15H17NO2. The van der Waals surface area contributed by atoms with Crippen molar-refractivity contribution in [2.45, 2.75) is 38.5 Å². The molecule has 0 bridgehead atoms. The van der Waals surface area contributed by atoms with E-state index in [4.69, 9.17) is 0 Å². The highest BCUT2D eigenvalue weighted by molar-refractivity contribution is 5.98. The maximum atomic E-state index is 12.4. The van der Waals surface area contributed by atoms with Gasteiger partial charge in [-0.1, -0.05) is 37.5 Å². The summed E-state index contributed by atoms with van der Waals surface area (Å²) in [6, 6.07) is 0. The second-order valence-electron chi connectivity index (χ2n) is 4.81. The Morgan fingerprint density at radius 2 is 1.89 bits per heavy atom. The molecule has 3 heteroatoms. The first-order valence-corrected chi connectivity index (χ1v) is 6.50. The topological polar surface area (TPSA) is 46.5 Å². The van der Waals surface area contributed by atoms with Crippen LogP contribution < -0.4 is 0 Å². The summed E-state index contributed by atoms with van der Waals surface area (Å²) in [7, 11) is 0. The standard InChI is InChI=1S/C15H17NO2/c17-11-16-14-9-5-4-8-13(10-14)15(18)12-6-2-1-3-7-12/h4-5,8-9,12H,1-3,6-7,10H2. The van der Waals surface area contributed by atoms with Gasteiger partial charge in [0.1, 0.15) is 0 Å². The fourth-order valence-corrected chi connectivity index (χ4v) is 2.58. The summed E-state index contributed by atoms with van der Waals surface area (Å²) in [4.78, 5) is 26.3. The fraction of sp³-hybridized carbons (Fsp3) is 0.467. The number of aliphatic imine (C=N–C) groups is 1. The number of nitrogens with zero attached hydrogens (tertiary/aromatic N) is 1. The lowest BCUT2D eigenvalue weighted by atomic mass is 9.83. The molecule has 0 aromatic rings. The van der Waals surface area contributed by atoms with Crippen LogP contribution in [-0.2, 0) is 9.59 Å². The molecule has 0 saturated heterocycles. The number of rotatable bonds is 3. The van der Waals surface area contributed by atoms with E-state index in [1.54, 1.807) is 12.2 Å². The third-order valence-electron chi connectivity index (χ3n) is 3.55. The molecule has 0 heterocycles. The van der Waals surface area contributed by atoms with Crippen molar-refractivity contribution in [3.8, 4) is 0 Å². The number of carbonyl (C=O) groups excluding carboxylic acids is 2. The molecule has 2 aliphatic rings. The van der Waals surface area contributed by atoms with Crippen LogP contribution in [-0.4, -0.2) is 11.9 Å². The molecule has 3 nitrogen and oxygen atoms in total. The molecule has 0 radical (unpaired) electrons. The first-order valence-electron chi connectivity index (χ1n) is 6.50. The lowest BCUT2D eigenvalue weighted by molar-refractivity contribution is -0.120. The van der Waals surface area contributed by atoms with Gasteiger partial charge in [0.2, 0.25) is 6.08 Å². The highest BCUT2D eigenvalue weighted by Gasteiger charge is 2.24. The van der Waals surface area contributed by atoms with Gasteiger partial charge < -0.3 is 0 Å². The van der Waals surface area contributed by atoms with Gasteiger partial charge in [0.05, 0.1) is 5.70 Å². The second kappa shape index (κ2) is 6.27. The molecule has 0 N–H and O–H groups in total. The maximum Gasteiger partial charge on any atom is 0.240 e. The number of hydrogen-bond donors (Lipinski definition) is 0. The molecule has 2 aliphatic carbocycles. The van der Waals surface area contributed by atoms with Crippen molar-refractivity contribution in [1.82, 2.24) is 0 Å². The van der Waals surface area contributed by atoms with Crippen LogP contribution in [0.3, 0.4) is 0 Å². The summed E-state index contributed by atoms with van der Waals surface area (Å²) in [6.07, 6.45) is 14.7. The van der Waals surface area contributed by atoms with Crippen molar-refractivity contribution in [3.63, 3.8) is 0 Å². The van der Waals surface area contributed by atoms with Gasteiger partial charge >= 0.3 is 0 Å². The zero-order valence-electron chi connectivity index (χ0n) is 10.4. The summed E-state index contributed by atoms with van der Waals surface area (Å²) in [5.74, 6) is 0.395. The minimum absolute atomic E-state index is 0.165. The van der Waals surface area contributed by atoms with E-state index < -0.39 is 0 Å². The van der Waals surface area contributed by atoms with Crippen LogP contribution in [0.5, 0.6) is 0 Å². The van der Waals surface area contributed by atoms with Crippen LogP contribution in [0.4, 0.5) is 0 Å². The first kappa shape index (κ1) is 12.7. The maximum absolute atomic E-state index is 12.4. The Bertz CT molecular complexity index is 459. The smallest absolute Gasteiger partial charge is 0.240 e. The molecule has 0 atom stereocenters. The number of carbonyl (C=O) groups is 1. The summed E-state index contributed by atoms with van der Waals surface area (Å²) < 4.78 is 0. The number of ketones is 1. The summed E-state index contributed by atoms with van der Waals surface area (Å²) in [6.45, 7) is 0. The van der Waals surface area contributed by atoms with Crippen LogP contribution in [0.15, 0.2) is 40.6 Å². The molecule has 0 aromatic carbocycles. The Kier molecular flexibility index (Phi) is 4.43. The molecule has 18 heavy (non-hydrogen) atoms. The molecule has 0 aromatic heterocycles. The van der Waals surface area contributed by atoms with E-state index in [1.165, 1.54) is 12.5 Å². The highest BCUT2D eigenvalue weighted by Crippen LogP contribution is 2.29. The average Bonchev–Trinajstić information content (AvgIpc) is 2.65. The Labute approximate surface area is 107 Å². The lowest BCUT2D eigenvalue weighted by Crippen LogP contribution is -2.19. The second-order valence-corrected chi connectivity index (χ2v) is 4.81. The molecule has 2 rings (SSSR count). The van der Waals surface area contributed by atoms with Gasteiger partial charge in [-0.15, -0.1) is 0 Å². The van der Waals surface area contributed by atoms with E-state index in [0.29, 0.717) is 12.1 Å². The van der Waals surface area contributed by atoms with Crippen molar-refractivity contribution in [2.24, 2.45) is 10.9 Å². The quantitative estimate of drug-likeness (QED) is 0.564. The van der Waals surface area contributed by atoms with Gasteiger partial charge in [-0.25, -0.2) is 4.79 Å². The fourth-order valence-electron chi connectivity index (χ4n) is 2.58. The molecule has 0 spiro atoms. The third-order valence-corrected chi connectivity index (χ3v) is 3.55. The van der Waals surface area contributed by atoms with Crippen LogP contribution in [0, 0.1) is 5.92 Å². The number of isocyanates is 1. The van der Waals surface area contributed by atoms with Gasteiger partial charge in [0.15, 0.2) is 5.78 Å². The van der Waals surface area contributed by atoms with E-state index in [9.17, 15) is 9.59 Å². The van der Waals surface area contributed by atoms with Crippen LogP contribution in [0.2, 0.25) is 0 Å². The van der Waals surface area contributed by atoms with Gasteiger partial charge in [-0.05, 0) is 18.9 Å². The van der Waals surface area contributed by atoms with Crippen LogP contribution in [0.25, 0.3) is 0 Å². The largest absolute Gasteiger partial charge is 0.294 e. The Morgan fingerprint density at radius 3 is 2.61 bits per heavy atom. The predicted octanol–water partition coefficient (Wildman–Crippen LogP) is 3.24. The Balaban J connectivity index is 2.10. The van der Waals surface area contributed by atoms with E-state index in [-0.39, 0.29) is 11.7 Å². The van der Waals surface area contributed by atoms with Gasteiger partial charge in [0, 0.05) is 17.9 Å². The molecule has 0 aliphatic heterocycles. The number of allylic oxidation sites excluding steroid dienone is 5. The molecule has 94 valence electrons. The van der Waals surface area contributed by atoms with Crippen molar-refractivity contribution in [1.29, 1.82) is 0 Å². The summed E-state index contributed by atoms with van der Waals surface area (Å²) in [5.41, 5.74) is 1.37. The Morgan fingerprint density at radius 1 is 1.17 bits per heavy atom. The van der Waals surface area contributed by atoms with Gasteiger partial charge in [0.25, 0.3) is 0 Å². The predicted molar refractivity (Wildman–Crippen MR) is 69.6 cm³/mol. The lowest BCUT2D eigenvalue weighted by Gasteiger charge is -2.21. The van der Waals surface area contributed by atoms with Crippen molar-refractivity contribution >= 4 is 11.9 Å². The normalized spacial score (nSPS) is 20.4. The molecule has 1 fully saturated rings. The molecule has 0 unspecified atom stereocenters. The van der Waals surface area contributed by atoms with E-state index in [1.807, 2.05) is 12.2 Å². The number of hydrogen-bond acceptors (Lipinski definition) is 3. The monoisotopic (exact) mass is 243 g/mol.